The van der Waals surface area contributed by atoms with Crippen LogP contribution in [0.15, 0.2) is 88.9 Å². The van der Waals surface area contributed by atoms with Crippen LogP contribution in [-0.2, 0) is 14.8 Å². The van der Waals surface area contributed by atoms with Crippen molar-refractivity contribution in [3.63, 3.8) is 0 Å². The maximum atomic E-state index is 13.2. The van der Waals surface area contributed by atoms with Gasteiger partial charge in [0.25, 0.3) is 15.9 Å². The van der Waals surface area contributed by atoms with Crippen LogP contribution in [0.5, 0.6) is 0 Å². The highest BCUT2D eigenvalue weighted by molar-refractivity contribution is 14.1. The van der Waals surface area contributed by atoms with Crippen molar-refractivity contribution >= 4 is 62.0 Å². The van der Waals surface area contributed by atoms with Crippen molar-refractivity contribution in [2.75, 3.05) is 10.8 Å². The summed E-state index contributed by atoms with van der Waals surface area (Å²) >= 11 is 8.23. The molecule has 0 heterocycles. The Bertz CT molecular complexity index is 1150. The van der Waals surface area contributed by atoms with Gasteiger partial charge in [-0.05, 0) is 70.6 Å². The van der Waals surface area contributed by atoms with Crippen LogP contribution in [0.4, 0.5) is 5.69 Å². The Morgan fingerprint density at radius 3 is 2.40 bits per heavy atom. The van der Waals surface area contributed by atoms with Gasteiger partial charge in [-0.15, -0.1) is 0 Å². The number of benzene rings is 3. The number of rotatable bonds is 7. The van der Waals surface area contributed by atoms with Crippen molar-refractivity contribution in [1.82, 2.24) is 5.43 Å². The van der Waals surface area contributed by atoms with Crippen LogP contribution >= 0.6 is 34.2 Å². The Labute approximate surface area is 193 Å². The lowest BCUT2D eigenvalue weighted by molar-refractivity contribution is -0.119. The summed E-state index contributed by atoms with van der Waals surface area (Å²) in [6, 6.07) is 21.8. The molecule has 0 radical (unpaired) electrons. The minimum absolute atomic E-state index is 0.0696. The maximum Gasteiger partial charge on any atom is 0.264 e. The molecule has 0 aliphatic heterocycles. The molecule has 0 aliphatic carbocycles. The summed E-state index contributed by atoms with van der Waals surface area (Å²) in [5.74, 6) is -0.587. The molecule has 3 aromatic rings. The molecule has 0 unspecified atom stereocenters. The minimum atomic E-state index is -3.99. The van der Waals surface area contributed by atoms with Crippen molar-refractivity contribution in [2.45, 2.75) is 4.90 Å². The Morgan fingerprint density at radius 2 is 1.73 bits per heavy atom. The molecule has 1 N–H and O–H groups in total. The zero-order valence-corrected chi connectivity index (χ0v) is 19.3. The summed E-state index contributed by atoms with van der Waals surface area (Å²) in [4.78, 5) is 12.5. The van der Waals surface area contributed by atoms with Crippen molar-refractivity contribution in [3.05, 3.63) is 93.0 Å². The fraction of sp³-hybridized carbons (Fsp3) is 0.0476. The van der Waals surface area contributed by atoms with E-state index in [1.807, 2.05) is 24.3 Å². The van der Waals surface area contributed by atoms with Gasteiger partial charge in [-0.2, -0.15) is 5.10 Å². The Hall–Kier alpha value is -2.43. The van der Waals surface area contributed by atoms with E-state index < -0.39 is 22.5 Å². The van der Waals surface area contributed by atoms with Gasteiger partial charge < -0.3 is 0 Å². The van der Waals surface area contributed by atoms with Gasteiger partial charge >= 0.3 is 0 Å². The lowest BCUT2D eigenvalue weighted by Gasteiger charge is -2.23. The lowest BCUT2D eigenvalue weighted by Crippen LogP contribution is -2.39. The molecule has 0 bridgehead atoms. The molecular weight excluding hydrogens is 537 g/mol. The third-order valence-corrected chi connectivity index (χ3v) is 6.73. The standard InChI is InChI=1S/C21H17ClIN3O3S/c22-17-5-4-6-19(13-17)26(30(28,29)20-7-2-1-3-8-20)15-21(27)25-24-14-16-9-11-18(23)12-10-16/h1-14H,15H2,(H,25,27)/b24-14-. The average molecular weight is 554 g/mol. The van der Waals surface area contributed by atoms with Gasteiger partial charge in [0.05, 0.1) is 16.8 Å². The molecular formula is C21H17ClIN3O3S. The second-order valence-electron chi connectivity index (χ2n) is 6.15. The fourth-order valence-corrected chi connectivity index (χ4v) is 4.54. The molecule has 0 aliphatic rings. The van der Waals surface area contributed by atoms with Crippen molar-refractivity contribution < 1.29 is 13.2 Å². The first-order chi connectivity index (χ1) is 14.4. The third kappa shape index (κ3) is 5.80. The zero-order chi connectivity index (χ0) is 21.6. The quantitative estimate of drug-likeness (QED) is 0.269. The number of hydrogen-bond donors (Lipinski definition) is 1. The molecule has 0 saturated heterocycles. The number of nitrogens with one attached hydrogen (secondary N) is 1. The van der Waals surface area contributed by atoms with Gasteiger partial charge in [-0.1, -0.05) is 48.0 Å². The smallest absolute Gasteiger partial charge is 0.264 e. The first-order valence-corrected chi connectivity index (χ1v) is 11.7. The van der Waals surface area contributed by atoms with E-state index in [2.05, 4.69) is 33.1 Å². The summed E-state index contributed by atoms with van der Waals surface area (Å²) in [7, 11) is -3.99. The molecule has 0 spiro atoms. The molecule has 30 heavy (non-hydrogen) atoms. The number of carbonyl (C=O) groups is 1. The number of amides is 1. The van der Waals surface area contributed by atoms with E-state index in [-0.39, 0.29) is 10.6 Å². The van der Waals surface area contributed by atoms with Crippen LogP contribution in [0.3, 0.4) is 0 Å². The Morgan fingerprint density at radius 1 is 1.03 bits per heavy atom. The molecule has 0 aromatic heterocycles. The molecule has 3 rings (SSSR count). The summed E-state index contributed by atoms with van der Waals surface area (Å²) in [6.07, 6.45) is 1.49. The monoisotopic (exact) mass is 553 g/mol. The van der Waals surface area contributed by atoms with Gasteiger partial charge in [-0.25, -0.2) is 13.8 Å². The van der Waals surface area contributed by atoms with Gasteiger partial charge in [0, 0.05) is 8.59 Å². The molecule has 0 atom stereocenters. The summed E-state index contributed by atoms with van der Waals surface area (Å²) in [5.41, 5.74) is 3.46. The number of halogens is 2. The van der Waals surface area contributed by atoms with Crippen LogP contribution < -0.4 is 9.73 Å². The van der Waals surface area contributed by atoms with Crippen molar-refractivity contribution in [1.29, 1.82) is 0 Å². The summed E-state index contributed by atoms with van der Waals surface area (Å²) in [5, 5.41) is 4.27. The largest absolute Gasteiger partial charge is 0.271 e. The molecule has 0 saturated carbocycles. The number of hydrazone groups is 1. The topological polar surface area (TPSA) is 78.8 Å². The number of nitrogens with zero attached hydrogens (tertiary/aromatic N) is 2. The molecule has 0 fully saturated rings. The third-order valence-electron chi connectivity index (χ3n) is 3.99. The van der Waals surface area contributed by atoms with E-state index in [0.29, 0.717) is 5.02 Å². The molecule has 6 nitrogen and oxygen atoms in total. The summed E-state index contributed by atoms with van der Waals surface area (Å²) in [6.45, 7) is -0.457. The van der Waals surface area contributed by atoms with Gasteiger partial charge in [0.1, 0.15) is 6.54 Å². The number of sulfonamides is 1. The molecule has 154 valence electrons. The fourth-order valence-electron chi connectivity index (χ4n) is 2.56. The summed E-state index contributed by atoms with van der Waals surface area (Å²) < 4.78 is 28.4. The minimum Gasteiger partial charge on any atom is -0.271 e. The van der Waals surface area contributed by atoms with Crippen LogP contribution in [0.1, 0.15) is 5.56 Å². The second kappa shape index (κ2) is 10.1. The highest BCUT2D eigenvalue weighted by Crippen LogP contribution is 2.25. The van der Waals surface area contributed by atoms with Gasteiger partial charge in [0.15, 0.2) is 0 Å². The van der Waals surface area contributed by atoms with Crippen LogP contribution in [-0.4, -0.2) is 27.1 Å². The first-order valence-electron chi connectivity index (χ1n) is 8.77. The first kappa shape index (κ1) is 22.3. The van der Waals surface area contributed by atoms with Crippen LogP contribution in [0.25, 0.3) is 0 Å². The van der Waals surface area contributed by atoms with E-state index in [1.165, 1.54) is 24.4 Å². The Kier molecular flexibility index (Phi) is 7.46. The SMILES string of the molecule is O=C(CN(c1cccc(Cl)c1)S(=O)(=O)c1ccccc1)N/N=C\c1ccc(I)cc1. The highest BCUT2D eigenvalue weighted by Gasteiger charge is 2.27. The van der Waals surface area contributed by atoms with Crippen LogP contribution in [0, 0.1) is 3.57 Å². The molecule has 1 amide bonds. The highest BCUT2D eigenvalue weighted by atomic mass is 127. The number of hydrogen-bond acceptors (Lipinski definition) is 4. The average Bonchev–Trinajstić information content (AvgIpc) is 2.74. The Balaban J connectivity index is 1.82. The van der Waals surface area contributed by atoms with Crippen molar-refractivity contribution in [2.24, 2.45) is 5.10 Å². The maximum absolute atomic E-state index is 13.2. The predicted molar refractivity (Wildman–Crippen MR) is 127 cm³/mol. The van der Waals surface area contributed by atoms with E-state index in [9.17, 15) is 13.2 Å². The van der Waals surface area contributed by atoms with E-state index in [4.69, 9.17) is 11.6 Å². The number of carbonyl (C=O) groups excluding carboxylic acids is 1. The van der Waals surface area contributed by atoms with Crippen molar-refractivity contribution in [3.8, 4) is 0 Å². The lowest BCUT2D eigenvalue weighted by atomic mass is 10.2. The second-order valence-corrected chi connectivity index (χ2v) is 9.69. The predicted octanol–water partition coefficient (Wildman–Crippen LogP) is 4.29. The van der Waals surface area contributed by atoms with E-state index >= 15 is 0 Å². The van der Waals surface area contributed by atoms with Crippen LogP contribution in [0.2, 0.25) is 5.02 Å². The van der Waals surface area contributed by atoms with E-state index in [1.54, 1.807) is 36.4 Å². The van der Waals surface area contributed by atoms with Gasteiger partial charge in [0.2, 0.25) is 0 Å². The van der Waals surface area contributed by atoms with E-state index in [0.717, 1.165) is 13.4 Å². The number of anilines is 1. The zero-order valence-electron chi connectivity index (χ0n) is 15.6. The normalized spacial score (nSPS) is 11.4. The van der Waals surface area contributed by atoms with Gasteiger partial charge in [-0.3, -0.25) is 9.10 Å². The molecule has 9 heteroatoms. The molecule has 3 aromatic carbocycles.